The number of hydrogen-bond acceptors (Lipinski definition) is 2. The Hall–Kier alpha value is -0.870. The summed E-state index contributed by atoms with van der Waals surface area (Å²) in [4.78, 5) is 0. The molecule has 0 fully saturated rings. The summed E-state index contributed by atoms with van der Waals surface area (Å²) in [5.74, 6) is 2.12. The average molecular weight is 329 g/mol. The van der Waals surface area contributed by atoms with Crippen LogP contribution >= 0.6 is 27.5 Å². The lowest BCUT2D eigenvalue weighted by Crippen LogP contribution is -2.04. The van der Waals surface area contributed by atoms with E-state index in [-0.39, 0.29) is 0 Å². The summed E-state index contributed by atoms with van der Waals surface area (Å²) >= 11 is 9.38. The van der Waals surface area contributed by atoms with Crippen LogP contribution in [0.25, 0.3) is 11.4 Å². The van der Waals surface area contributed by atoms with Crippen molar-refractivity contribution in [2.45, 2.75) is 32.7 Å². The summed E-state index contributed by atoms with van der Waals surface area (Å²) in [5.41, 5.74) is 2.28. The maximum Gasteiger partial charge on any atom is 0.164 e. The summed E-state index contributed by atoms with van der Waals surface area (Å²) in [7, 11) is 0. The molecule has 0 bridgehead atoms. The van der Waals surface area contributed by atoms with Crippen LogP contribution in [0.1, 0.15) is 24.7 Å². The number of nitrogens with zero attached hydrogens (tertiary/aromatic N) is 3. The molecule has 0 spiro atoms. The molecule has 3 nitrogen and oxygen atoms in total. The lowest BCUT2D eigenvalue weighted by molar-refractivity contribution is 0.659. The van der Waals surface area contributed by atoms with Gasteiger partial charge in [-0.15, -0.1) is 21.8 Å². The molecule has 1 heterocycles. The molecule has 1 aromatic carbocycles. The second-order valence-corrected chi connectivity index (χ2v) is 5.37. The summed E-state index contributed by atoms with van der Waals surface area (Å²) in [6, 6.07) is 6.17. The smallest absolute Gasteiger partial charge is 0.164 e. The molecule has 0 aliphatic heterocycles. The van der Waals surface area contributed by atoms with Crippen molar-refractivity contribution in [2.75, 3.05) is 0 Å². The van der Waals surface area contributed by atoms with Crippen LogP contribution in [0, 0.1) is 6.92 Å². The van der Waals surface area contributed by atoms with Crippen molar-refractivity contribution in [3.63, 3.8) is 0 Å². The van der Waals surface area contributed by atoms with Gasteiger partial charge in [0.1, 0.15) is 5.82 Å². The molecule has 0 saturated carbocycles. The highest BCUT2D eigenvalue weighted by atomic mass is 79.9. The Morgan fingerprint density at radius 1 is 1.33 bits per heavy atom. The van der Waals surface area contributed by atoms with Crippen molar-refractivity contribution in [3.05, 3.63) is 34.1 Å². The van der Waals surface area contributed by atoms with Crippen LogP contribution in [0.15, 0.2) is 22.7 Å². The standard InChI is InChI=1S/C13H15BrClN3/c1-3-6-18-12(8-15)16-17-13(18)11-5-4-10(14)7-9(11)2/h4-5,7H,3,6,8H2,1-2H3. The monoisotopic (exact) mass is 327 g/mol. The molecule has 1 aromatic heterocycles. The van der Waals surface area contributed by atoms with Crippen molar-refractivity contribution in [1.29, 1.82) is 0 Å². The zero-order chi connectivity index (χ0) is 13.1. The van der Waals surface area contributed by atoms with Crippen LogP contribution in [0.2, 0.25) is 0 Å². The first-order valence-corrected chi connectivity index (χ1v) is 7.24. The van der Waals surface area contributed by atoms with Crippen LogP contribution in [-0.2, 0) is 12.4 Å². The first-order chi connectivity index (χ1) is 8.67. The summed E-state index contributed by atoms with van der Waals surface area (Å²) < 4.78 is 3.17. The molecule has 0 atom stereocenters. The molecule has 0 unspecified atom stereocenters. The molecule has 5 heteroatoms. The van der Waals surface area contributed by atoms with Crippen LogP contribution < -0.4 is 0 Å². The Labute approximate surface area is 120 Å². The van der Waals surface area contributed by atoms with Gasteiger partial charge in [-0.2, -0.15) is 0 Å². The lowest BCUT2D eigenvalue weighted by atomic mass is 10.1. The first-order valence-electron chi connectivity index (χ1n) is 5.92. The van der Waals surface area contributed by atoms with Gasteiger partial charge in [0.05, 0.1) is 5.88 Å². The number of aryl methyl sites for hydroxylation is 1. The highest BCUT2D eigenvalue weighted by Gasteiger charge is 2.14. The fourth-order valence-corrected chi connectivity index (χ4v) is 2.64. The third-order valence-corrected chi connectivity index (χ3v) is 3.56. The number of alkyl halides is 1. The number of aromatic nitrogens is 3. The maximum atomic E-state index is 5.90. The summed E-state index contributed by atoms with van der Waals surface area (Å²) in [6.07, 6.45) is 1.03. The molecule has 2 aromatic rings. The van der Waals surface area contributed by atoms with E-state index in [1.165, 1.54) is 5.56 Å². The van der Waals surface area contributed by atoms with Crippen molar-refractivity contribution in [1.82, 2.24) is 14.8 Å². The fraction of sp³-hybridized carbons (Fsp3) is 0.385. The predicted molar refractivity (Wildman–Crippen MR) is 77.7 cm³/mol. The van der Waals surface area contributed by atoms with E-state index in [0.717, 1.165) is 34.7 Å². The molecule has 18 heavy (non-hydrogen) atoms. The van der Waals surface area contributed by atoms with E-state index in [2.05, 4.69) is 56.7 Å². The Balaban J connectivity index is 2.52. The van der Waals surface area contributed by atoms with Gasteiger partial charge in [0.2, 0.25) is 0 Å². The quantitative estimate of drug-likeness (QED) is 0.789. The van der Waals surface area contributed by atoms with Crippen molar-refractivity contribution >= 4 is 27.5 Å². The number of benzene rings is 1. The van der Waals surface area contributed by atoms with Crippen LogP contribution in [-0.4, -0.2) is 14.8 Å². The third-order valence-electron chi connectivity index (χ3n) is 2.82. The molecule has 0 saturated heterocycles. The number of rotatable bonds is 4. The normalized spacial score (nSPS) is 10.9. The molecule has 2 rings (SSSR count). The third kappa shape index (κ3) is 2.59. The number of halogens is 2. The van der Waals surface area contributed by atoms with E-state index in [9.17, 15) is 0 Å². The van der Waals surface area contributed by atoms with E-state index in [0.29, 0.717) is 5.88 Å². The Bertz CT molecular complexity index is 551. The lowest BCUT2D eigenvalue weighted by Gasteiger charge is -2.10. The van der Waals surface area contributed by atoms with Crippen molar-refractivity contribution in [2.24, 2.45) is 0 Å². The molecule has 0 aliphatic rings. The molecule has 0 amide bonds. The van der Waals surface area contributed by atoms with Crippen molar-refractivity contribution in [3.8, 4) is 11.4 Å². The van der Waals surface area contributed by atoms with Gasteiger partial charge in [-0.1, -0.05) is 22.9 Å². The van der Waals surface area contributed by atoms with E-state index in [4.69, 9.17) is 11.6 Å². The summed E-state index contributed by atoms with van der Waals surface area (Å²) in [5, 5.41) is 8.44. The van der Waals surface area contributed by atoms with Gasteiger partial charge in [0.15, 0.2) is 5.82 Å². The van der Waals surface area contributed by atoms with E-state index < -0.39 is 0 Å². The van der Waals surface area contributed by atoms with E-state index >= 15 is 0 Å². The van der Waals surface area contributed by atoms with Gasteiger partial charge in [-0.25, -0.2) is 0 Å². The summed E-state index contributed by atoms with van der Waals surface area (Å²) in [6.45, 7) is 5.10. The SMILES string of the molecule is CCCn1c(CCl)nnc1-c1ccc(Br)cc1C. The molecule has 96 valence electrons. The molecule has 0 N–H and O–H groups in total. The Morgan fingerprint density at radius 3 is 2.72 bits per heavy atom. The predicted octanol–water partition coefficient (Wildman–Crippen LogP) is 4.16. The second kappa shape index (κ2) is 5.85. The molecule has 0 radical (unpaired) electrons. The number of hydrogen-bond donors (Lipinski definition) is 0. The van der Waals surface area contributed by atoms with Gasteiger partial charge in [0.25, 0.3) is 0 Å². The van der Waals surface area contributed by atoms with Gasteiger partial charge >= 0.3 is 0 Å². The second-order valence-electron chi connectivity index (χ2n) is 4.18. The minimum atomic E-state index is 0.391. The first kappa shape index (κ1) is 13.6. The van der Waals surface area contributed by atoms with Crippen LogP contribution in [0.4, 0.5) is 0 Å². The average Bonchev–Trinajstić information content (AvgIpc) is 2.73. The van der Waals surface area contributed by atoms with Gasteiger partial charge in [-0.05, 0) is 37.1 Å². The Morgan fingerprint density at radius 2 is 2.11 bits per heavy atom. The fourth-order valence-electron chi connectivity index (χ4n) is 1.97. The zero-order valence-electron chi connectivity index (χ0n) is 10.5. The minimum absolute atomic E-state index is 0.391. The van der Waals surface area contributed by atoms with Crippen molar-refractivity contribution < 1.29 is 0 Å². The van der Waals surface area contributed by atoms with Gasteiger partial charge < -0.3 is 4.57 Å². The maximum absolute atomic E-state index is 5.90. The van der Waals surface area contributed by atoms with Gasteiger partial charge in [-0.3, -0.25) is 0 Å². The minimum Gasteiger partial charge on any atom is -0.310 e. The highest BCUT2D eigenvalue weighted by Crippen LogP contribution is 2.26. The van der Waals surface area contributed by atoms with Crippen LogP contribution in [0.5, 0.6) is 0 Å². The van der Waals surface area contributed by atoms with Gasteiger partial charge in [0, 0.05) is 16.6 Å². The zero-order valence-corrected chi connectivity index (χ0v) is 12.8. The molecular weight excluding hydrogens is 314 g/mol. The van der Waals surface area contributed by atoms with Crippen LogP contribution in [0.3, 0.4) is 0 Å². The molecule has 0 aliphatic carbocycles. The largest absolute Gasteiger partial charge is 0.310 e. The topological polar surface area (TPSA) is 30.7 Å². The highest BCUT2D eigenvalue weighted by molar-refractivity contribution is 9.10. The Kier molecular flexibility index (Phi) is 4.40. The van der Waals surface area contributed by atoms with E-state index in [1.807, 2.05) is 6.07 Å². The molecular formula is C13H15BrClN3. The van der Waals surface area contributed by atoms with E-state index in [1.54, 1.807) is 0 Å².